The van der Waals surface area contributed by atoms with Gasteiger partial charge in [0.1, 0.15) is 0 Å². The Labute approximate surface area is 132 Å². The van der Waals surface area contributed by atoms with Crippen molar-refractivity contribution in [2.45, 2.75) is 37.5 Å². The molecule has 7 heteroatoms. The van der Waals surface area contributed by atoms with Crippen molar-refractivity contribution in [3.8, 4) is 0 Å². The van der Waals surface area contributed by atoms with Gasteiger partial charge in [-0.25, -0.2) is 13.1 Å². The number of aliphatic carboxylic acids is 1. The van der Waals surface area contributed by atoms with Crippen LogP contribution in [0.25, 0.3) is 0 Å². The van der Waals surface area contributed by atoms with E-state index in [0.29, 0.717) is 25.7 Å². The standard InChI is InChI=1S/C14H18BrNO4S/c15-12-3-1-2-10(8-12)9-21(19,20)16-13-6-4-11(5-7-13)14(17)18/h1-3,8,11,13,16H,4-7,9H2,(H,17,18). The lowest BCUT2D eigenvalue weighted by Gasteiger charge is -2.26. The quantitative estimate of drug-likeness (QED) is 0.827. The first-order chi connectivity index (χ1) is 9.85. The second kappa shape index (κ2) is 6.89. The summed E-state index contributed by atoms with van der Waals surface area (Å²) in [6, 6.07) is 7.04. The summed E-state index contributed by atoms with van der Waals surface area (Å²) in [7, 11) is -3.41. The van der Waals surface area contributed by atoms with Crippen LogP contribution in [0.4, 0.5) is 0 Å². The third-order valence-corrected chi connectivity index (χ3v) is 5.57. The Hall–Kier alpha value is -0.920. The lowest BCUT2D eigenvalue weighted by molar-refractivity contribution is -0.142. The van der Waals surface area contributed by atoms with Crippen molar-refractivity contribution in [2.75, 3.05) is 0 Å². The van der Waals surface area contributed by atoms with Crippen LogP contribution in [0.5, 0.6) is 0 Å². The van der Waals surface area contributed by atoms with E-state index in [0.717, 1.165) is 10.0 Å². The number of carbonyl (C=O) groups is 1. The lowest BCUT2D eigenvalue weighted by atomic mass is 9.87. The molecule has 0 aliphatic heterocycles. The van der Waals surface area contributed by atoms with Gasteiger partial charge in [0, 0.05) is 10.5 Å². The van der Waals surface area contributed by atoms with Crippen molar-refractivity contribution < 1.29 is 18.3 Å². The molecule has 1 fully saturated rings. The van der Waals surface area contributed by atoms with E-state index in [2.05, 4.69) is 20.7 Å². The van der Waals surface area contributed by atoms with Gasteiger partial charge in [-0.3, -0.25) is 4.79 Å². The Morgan fingerprint density at radius 2 is 1.95 bits per heavy atom. The number of carboxylic acid groups (broad SMARTS) is 1. The van der Waals surface area contributed by atoms with E-state index in [1.807, 2.05) is 6.07 Å². The molecule has 5 nitrogen and oxygen atoms in total. The van der Waals surface area contributed by atoms with Gasteiger partial charge in [0.2, 0.25) is 10.0 Å². The molecule has 0 unspecified atom stereocenters. The van der Waals surface area contributed by atoms with Crippen LogP contribution in [0.1, 0.15) is 31.2 Å². The summed E-state index contributed by atoms with van der Waals surface area (Å²) in [5.41, 5.74) is 0.719. The highest BCUT2D eigenvalue weighted by Crippen LogP contribution is 2.25. The van der Waals surface area contributed by atoms with Crippen LogP contribution in [0.2, 0.25) is 0 Å². The topological polar surface area (TPSA) is 83.5 Å². The number of halogens is 1. The van der Waals surface area contributed by atoms with Gasteiger partial charge in [0.05, 0.1) is 11.7 Å². The molecule has 0 heterocycles. The maximum atomic E-state index is 12.2. The summed E-state index contributed by atoms with van der Waals surface area (Å²) in [6.45, 7) is 0. The van der Waals surface area contributed by atoms with E-state index in [9.17, 15) is 13.2 Å². The SMILES string of the molecule is O=C(O)C1CCC(NS(=O)(=O)Cc2cccc(Br)c2)CC1. The molecule has 0 aromatic heterocycles. The number of hydrogen-bond acceptors (Lipinski definition) is 3. The Balaban J connectivity index is 1.91. The highest BCUT2D eigenvalue weighted by atomic mass is 79.9. The fourth-order valence-electron chi connectivity index (χ4n) is 2.60. The number of sulfonamides is 1. The molecule has 1 aromatic carbocycles. The van der Waals surface area contributed by atoms with Crippen LogP contribution < -0.4 is 4.72 Å². The van der Waals surface area contributed by atoms with Gasteiger partial charge in [0.25, 0.3) is 0 Å². The number of nitrogens with one attached hydrogen (secondary N) is 1. The summed E-state index contributed by atoms with van der Waals surface area (Å²) in [6.07, 6.45) is 2.21. The molecule has 1 aromatic rings. The van der Waals surface area contributed by atoms with E-state index >= 15 is 0 Å². The van der Waals surface area contributed by atoms with Gasteiger partial charge < -0.3 is 5.11 Å². The predicted octanol–water partition coefficient (Wildman–Crippen LogP) is 2.51. The number of hydrogen-bond donors (Lipinski definition) is 2. The van der Waals surface area contributed by atoms with Gasteiger partial charge >= 0.3 is 5.97 Å². The molecule has 0 atom stereocenters. The van der Waals surface area contributed by atoms with Crippen molar-refractivity contribution in [2.24, 2.45) is 5.92 Å². The molecule has 0 spiro atoms. The Morgan fingerprint density at radius 1 is 1.29 bits per heavy atom. The third kappa shape index (κ3) is 5.09. The molecule has 116 valence electrons. The minimum Gasteiger partial charge on any atom is -0.481 e. The molecule has 1 aliphatic carbocycles. The average Bonchev–Trinajstić information content (AvgIpc) is 2.38. The highest BCUT2D eigenvalue weighted by molar-refractivity contribution is 9.10. The van der Waals surface area contributed by atoms with Crippen molar-refractivity contribution >= 4 is 31.9 Å². The maximum Gasteiger partial charge on any atom is 0.306 e. The number of benzene rings is 1. The first-order valence-electron chi connectivity index (χ1n) is 6.83. The van der Waals surface area contributed by atoms with Crippen LogP contribution in [0.3, 0.4) is 0 Å². The van der Waals surface area contributed by atoms with Crippen LogP contribution in [0.15, 0.2) is 28.7 Å². The average molecular weight is 376 g/mol. The minimum absolute atomic E-state index is 0.0642. The summed E-state index contributed by atoms with van der Waals surface area (Å²) in [4.78, 5) is 10.9. The number of carboxylic acids is 1. The van der Waals surface area contributed by atoms with E-state index in [1.165, 1.54) is 0 Å². The molecule has 0 radical (unpaired) electrons. The maximum absolute atomic E-state index is 12.2. The van der Waals surface area contributed by atoms with Crippen molar-refractivity contribution in [1.29, 1.82) is 0 Å². The van der Waals surface area contributed by atoms with Crippen LogP contribution in [0, 0.1) is 5.92 Å². The van der Waals surface area contributed by atoms with Gasteiger partial charge in [0.15, 0.2) is 0 Å². The summed E-state index contributed by atoms with van der Waals surface area (Å²) in [5.74, 6) is -1.19. The monoisotopic (exact) mass is 375 g/mol. The van der Waals surface area contributed by atoms with Gasteiger partial charge in [-0.05, 0) is 43.4 Å². The fourth-order valence-corrected chi connectivity index (χ4v) is 4.49. The van der Waals surface area contributed by atoms with Gasteiger partial charge in [-0.1, -0.05) is 28.1 Å². The largest absolute Gasteiger partial charge is 0.481 e. The third-order valence-electron chi connectivity index (χ3n) is 3.67. The summed E-state index contributed by atoms with van der Waals surface area (Å²) < 4.78 is 27.8. The Morgan fingerprint density at radius 3 is 2.52 bits per heavy atom. The van der Waals surface area contributed by atoms with Crippen LogP contribution in [-0.4, -0.2) is 25.5 Å². The lowest BCUT2D eigenvalue weighted by Crippen LogP contribution is -2.39. The molecule has 2 N–H and O–H groups in total. The molecule has 0 saturated heterocycles. The zero-order chi connectivity index (χ0) is 15.5. The molecule has 0 bridgehead atoms. The van der Waals surface area contributed by atoms with Gasteiger partial charge in [-0.2, -0.15) is 0 Å². The second-order valence-corrected chi connectivity index (χ2v) is 8.06. The van der Waals surface area contributed by atoms with E-state index in [4.69, 9.17) is 5.11 Å². The van der Waals surface area contributed by atoms with Gasteiger partial charge in [-0.15, -0.1) is 0 Å². The molecule has 1 saturated carbocycles. The van der Waals surface area contributed by atoms with Crippen LogP contribution in [-0.2, 0) is 20.6 Å². The molecule has 21 heavy (non-hydrogen) atoms. The highest BCUT2D eigenvalue weighted by Gasteiger charge is 2.28. The zero-order valence-electron chi connectivity index (χ0n) is 11.5. The second-order valence-electron chi connectivity index (χ2n) is 5.39. The molecular weight excluding hydrogens is 358 g/mol. The molecule has 1 aliphatic rings. The Bertz CT molecular complexity index is 609. The van der Waals surface area contributed by atoms with E-state index in [1.54, 1.807) is 18.2 Å². The first-order valence-corrected chi connectivity index (χ1v) is 9.27. The first kappa shape index (κ1) is 16.5. The summed E-state index contributed by atoms with van der Waals surface area (Å²) in [5, 5.41) is 8.93. The van der Waals surface area contributed by atoms with Crippen molar-refractivity contribution in [3.63, 3.8) is 0 Å². The number of rotatable bonds is 5. The van der Waals surface area contributed by atoms with Crippen molar-refractivity contribution in [3.05, 3.63) is 34.3 Å². The summed E-state index contributed by atoms with van der Waals surface area (Å²) >= 11 is 3.32. The Kier molecular flexibility index (Phi) is 5.40. The smallest absolute Gasteiger partial charge is 0.306 e. The van der Waals surface area contributed by atoms with Crippen molar-refractivity contribution in [1.82, 2.24) is 4.72 Å². The normalized spacial score (nSPS) is 22.9. The minimum atomic E-state index is -3.41. The van der Waals surface area contributed by atoms with Crippen LogP contribution >= 0.6 is 15.9 Å². The molecule has 0 amide bonds. The zero-order valence-corrected chi connectivity index (χ0v) is 13.9. The van der Waals surface area contributed by atoms with E-state index in [-0.39, 0.29) is 17.7 Å². The fraction of sp³-hybridized carbons (Fsp3) is 0.500. The predicted molar refractivity (Wildman–Crippen MR) is 83.3 cm³/mol. The molecular formula is C14H18BrNO4S. The molecule has 2 rings (SSSR count). The van der Waals surface area contributed by atoms with E-state index < -0.39 is 16.0 Å².